The van der Waals surface area contributed by atoms with Crippen molar-refractivity contribution in [2.24, 2.45) is 10.2 Å². The molecule has 0 aromatic carbocycles. The van der Waals surface area contributed by atoms with Crippen LogP contribution >= 0.6 is 0 Å². The smallest absolute Gasteiger partial charge is 0.264 e. The molecule has 0 fully saturated rings. The van der Waals surface area contributed by atoms with Crippen LogP contribution in [-0.2, 0) is 20.2 Å². The molecule has 124 valence electrons. The normalized spacial score (nSPS) is 18.1. The minimum Gasteiger partial charge on any atom is -0.286 e. The zero-order valence-corrected chi connectivity index (χ0v) is 13.6. The maximum atomic E-state index is 10.7. The van der Waals surface area contributed by atoms with Crippen LogP contribution in [-0.4, -0.2) is 48.5 Å². The van der Waals surface area contributed by atoms with Crippen LogP contribution in [0, 0.1) is 22.7 Å². The van der Waals surface area contributed by atoms with Crippen molar-refractivity contribution in [2.45, 2.75) is 37.8 Å². The second kappa shape index (κ2) is 7.11. The first-order valence-electron chi connectivity index (χ1n) is 5.91. The molecule has 2 unspecified atom stereocenters. The Morgan fingerprint density at radius 3 is 1.32 bits per heavy atom. The SMILES string of the molecule is CC(C#N)(CCS(=O)(=O)O)N=NC(C)(C#N)CCS(=O)(=O)O. The Morgan fingerprint density at radius 1 is 0.864 bits per heavy atom. The number of rotatable bonds is 8. The number of hydrogen-bond donors (Lipinski definition) is 2. The lowest BCUT2D eigenvalue weighted by molar-refractivity contribution is 0.443. The molecule has 10 nitrogen and oxygen atoms in total. The van der Waals surface area contributed by atoms with Crippen LogP contribution in [0.5, 0.6) is 0 Å². The third-order valence-electron chi connectivity index (χ3n) is 2.67. The third-order valence-corrected chi connectivity index (χ3v) is 4.11. The first-order chi connectivity index (χ1) is 9.74. The Morgan fingerprint density at radius 2 is 1.14 bits per heavy atom. The summed E-state index contributed by atoms with van der Waals surface area (Å²) in [6.07, 6.45) is -0.711. The molecule has 0 bridgehead atoms. The summed E-state index contributed by atoms with van der Waals surface area (Å²) in [6, 6.07) is 3.41. The molecular weight excluding hydrogens is 336 g/mol. The first kappa shape index (κ1) is 20.4. The van der Waals surface area contributed by atoms with Crippen molar-refractivity contribution in [1.29, 1.82) is 10.5 Å². The highest BCUT2D eigenvalue weighted by Crippen LogP contribution is 2.22. The molecule has 2 N–H and O–H groups in total. The van der Waals surface area contributed by atoms with Crippen LogP contribution in [0.4, 0.5) is 0 Å². The quantitative estimate of drug-likeness (QED) is 0.469. The van der Waals surface area contributed by atoms with Crippen molar-refractivity contribution in [3.63, 3.8) is 0 Å². The fraction of sp³-hybridized carbons (Fsp3) is 0.800. The van der Waals surface area contributed by atoms with Gasteiger partial charge in [-0.25, -0.2) is 0 Å². The van der Waals surface area contributed by atoms with E-state index in [9.17, 15) is 16.8 Å². The topological polar surface area (TPSA) is 181 Å². The van der Waals surface area contributed by atoms with Gasteiger partial charge in [0.15, 0.2) is 11.1 Å². The van der Waals surface area contributed by atoms with Gasteiger partial charge in [0.1, 0.15) is 0 Å². The van der Waals surface area contributed by atoms with Gasteiger partial charge in [-0.1, -0.05) is 0 Å². The van der Waals surface area contributed by atoms with E-state index in [2.05, 4.69) is 10.2 Å². The molecule has 0 aliphatic carbocycles. The lowest BCUT2D eigenvalue weighted by Gasteiger charge is -2.18. The lowest BCUT2D eigenvalue weighted by atomic mass is 10.0. The molecule has 0 aromatic rings. The fourth-order valence-electron chi connectivity index (χ4n) is 1.13. The first-order valence-corrected chi connectivity index (χ1v) is 9.13. The summed E-state index contributed by atoms with van der Waals surface area (Å²) in [5.74, 6) is -1.44. The Labute approximate surface area is 129 Å². The molecule has 0 saturated carbocycles. The molecule has 0 saturated heterocycles. The van der Waals surface area contributed by atoms with Crippen LogP contribution in [0.25, 0.3) is 0 Å². The maximum absolute atomic E-state index is 10.7. The summed E-state index contributed by atoms with van der Waals surface area (Å²) < 4.78 is 60.1. The molecule has 0 heterocycles. The van der Waals surface area contributed by atoms with Gasteiger partial charge in [0, 0.05) is 12.8 Å². The van der Waals surface area contributed by atoms with Crippen LogP contribution in [0.1, 0.15) is 26.7 Å². The van der Waals surface area contributed by atoms with Crippen molar-refractivity contribution < 1.29 is 25.9 Å². The van der Waals surface area contributed by atoms with E-state index in [4.69, 9.17) is 19.6 Å². The van der Waals surface area contributed by atoms with Gasteiger partial charge in [0.25, 0.3) is 20.2 Å². The van der Waals surface area contributed by atoms with E-state index in [1.165, 1.54) is 13.8 Å². The molecule has 0 amide bonds. The van der Waals surface area contributed by atoms with E-state index in [0.29, 0.717) is 0 Å². The Kier molecular flexibility index (Phi) is 6.59. The van der Waals surface area contributed by atoms with Crippen molar-refractivity contribution in [2.75, 3.05) is 11.5 Å². The van der Waals surface area contributed by atoms with Gasteiger partial charge in [-0.15, -0.1) is 0 Å². The van der Waals surface area contributed by atoms with Crippen molar-refractivity contribution >= 4 is 20.2 Å². The molecule has 0 aliphatic heterocycles. The van der Waals surface area contributed by atoms with Gasteiger partial charge < -0.3 is 0 Å². The molecule has 0 rings (SSSR count). The van der Waals surface area contributed by atoms with Crippen molar-refractivity contribution in [1.82, 2.24) is 0 Å². The zero-order valence-electron chi connectivity index (χ0n) is 12.0. The highest BCUT2D eigenvalue weighted by atomic mass is 32.2. The molecule has 22 heavy (non-hydrogen) atoms. The van der Waals surface area contributed by atoms with Crippen LogP contribution < -0.4 is 0 Å². The second-order valence-corrected chi connectivity index (χ2v) is 8.19. The lowest BCUT2D eigenvalue weighted by Crippen LogP contribution is -2.27. The molecular formula is C10H16N4O6S2. The highest BCUT2D eigenvalue weighted by molar-refractivity contribution is 7.86. The van der Waals surface area contributed by atoms with E-state index in [0.717, 1.165) is 0 Å². The minimum absolute atomic E-state index is 0.356. The molecule has 0 aliphatic rings. The Bertz CT molecular complexity index is 655. The highest BCUT2D eigenvalue weighted by Gasteiger charge is 2.30. The summed E-state index contributed by atoms with van der Waals surface area (Å²) in [4.78, 5) is 0. The van der Waals surface area contributed by atoms with E-state index in [1.807, 2.05) is 0 Å². The number of hydrogen-bond acceptors (Lipinski definition) is 8. The largest absolute Gasteiger partial charge is 0.286 e. The van der Waals surface area contributed by atoms with Crippen molar-refractivity contribution in [3.8, 4) is 12.1 Å². The average molecular weight is 352 g/mol. The number of nitrogens with zero attached hydrogens (tertiary/aromatic N) is 4. The van der Waals surface area contributed by atoms with E-state index >= 15 is 0 Å². The molecule has 0 aromatic heterocycles. The minimum atomic E-state index is -4.29. The molecule has 12 heteroatoms. The van der Waals surface area contributed by atoms with Crippen LogP contribution in [0.15, 0.2) is 10.2 Å². The summed E-state index contributed by atoms with van der Waals surface area (Å²) in [5.41, 5.74) is -3.21. The van der Waals surface area contributed by atoms with Gasteiger partial charge >= 0.3 is 0 Å². The summed E-state index contributed by atoms with van der Waals surface area (Å²) in [6.45, 7) is 2.50. The average Bonchev–Trinajstić information content (AvgIpc) is 2.39. The van der Waals surface area contributed by atoms with Crippen LogP contribution in [0.3, 0.4) is 0 Å². The Balaban J connectivity index is 5.15. The summed E-state index contributed by atoms with van der Waals surface area (Å²) in [7, 11) is -8.57. The number of azo groups is 1. The monoisotopic (exact) mass is 352 g/mol. The fourth-order valence-corrected chi connectivity index (χ4v) is 2.44. The van der Waals surface area contributed by atoms with Crippen molar-refractivity contribution in [3.05, 3.63) is 0 Å². The standard InChI is InChI=1S/C10H16N4O6S2/c1-9(7-11,3-5-21(15,16)17)13-14-10(2,8-12)4-6-22(18,19)20/h3-6H2,1-2H3,(H,15,16,17)(H,18,19,20). The van der Waals surface area contributed by atoms with E-state index in [1.54, 1.807) is 12.1 Å². The molecule has 0 spiro atoms. The van der Waals surface area contributed by atoms with Gasteiger partial charge in [-0.2, -0.15) is 37.6 Å². The van der Waals surface area contributed by atoms with Gasteiger partial charge in [-0.05, 0) is 13.8 Å². The summed E-state index contributed by atoms with van der Waals surface area (Å²) >= 11 is 0. The van der Waals surface area contributed by atoms with Gasteiger partial charge in [0.05, 0.1) is 23.6 Å². The van der Waals surface area contributed by atoms with E-state index < -0.39 is 42.8 Å². The van der Waals surface area contributed by atoms with Crippen LogP contribution in [0.2, 0.25) is 0 Å². The zero-order chi connectivity index (χ0) is 17.7. The second-order valence-electron chi connectivity index (χ2n) is 5.04. The Hall–Kier alpha value is -1.60. The number of nitriles is 2. The third kappa shape index (κ3) is 8.63. The maximum Gasteiger partial charge on any atom is 0.264 e. The predicted molar refractivity (Wildman–Crippen MR) is 75.0 cm³/mol. The van der Waals surface area contributed by atoms with Gasteiger partial charge in [-0.3, -0.25) is 9.11 Å². The molecule has 2 atom stereocenters. The summed E-state index contributed by atoms with van der Waals surface area (Å²) in [5, 5.41) is 25.2. The molecule has 0 radical (unpaired) electrons. The van der Waals surface area contributed by atoms with Gasteiger partial charge in [0.2, 0.25) is 0 Å². The van der Waals surface area contributed by atoms with E-state index in [-0.39, 0.29) is 12.8 Å². The predicted octanol–water partition coefficient (Wildman–Crippen LogP) is 0.559.